The first-order valence-corrected chi connectivity index (χ1v) is 9.92. The minimum absolute atomic E-state index is 0.195. The first-order chi connectivity index (χ1) is 14.1. The van der Waals surface area contributed by atoms with E-state index in [4.69, 9.17) is 0 Å². The van der Waals surface area contributed by atoms with Gasteiger partial charge in [-0.25, -0.2) is 9.97 Å². The Bertz CT molecular complexity index is 1180. The van der Waals surface area contributed by atoms with E-state index < -0.39 is 5.91 Å². The molecule has 0 bridgehead atoms. The second-order valence-electron chi connectivity index (χ2n) is 5.71. The summed E-state index contributed by atoms with van der Waals surface area (Å²) in [4.78, 5) is 36.8. The number of carbonyl (C=O) groups excluding carboxylic acids is 1. The highest BCUT2D eigenvalue weighted by Gasteiger charge is 2.18. The highest BCUT2D eigenvalue weighted by atomic mass is 32.2. The molecule has 0 saturated carbocycles. The molecule has 4 rings (SSSR count). The number of hydrogen-bond donors (Lipinski definition) is 3. The van der Waals surface area contributed by atoms with Crippen molar-refractivity contribution < 1.29 is 4.79 Å². The van der Waals surface area contributed by atoms with Crippen molar-refractivity contribution in [2.75, 3.05) is 5.32 Å². The van der Waals surface area contributed by atoms with E-state index in [1.807, 2.05) is 0 Å². The summed E-state index contributed by atoms with van der Waals surface area (Å²) < 4.78 is 1.59. The average Bonchev–Trinajstić information content (AvgIpc) is 3.36. The first-order valence-electron chi connectivity index (χ1n) is 8.29. The average molecular weight is 426 g/mol. The fourth-order valence-corrected chi connectivity index (χ4v) is 3.87. The SMILES string of the molecule is Cn1ccc(NC(=O)c2nc(Sc3ncn[nH]3)ccc2Sc2ccc(=O)[nH]c2)n1. The number of nitrogens with one attached hydrogen (secondary N) is 3. The lowest BCUT2D eigenvalue weighted by atomic mass is 10.3. The number of pyridine rings is 2. The summed E-state index contributed by atoms with van der Waals surface area (Å²) in [6.45, 7) is 0. The Morgan fingerprint density at radius 1 is 1.17 bits per heavy atom. The van der Waals surface area contributed by atoms with E-state index >= 15 is 0 Å². The van der Waals surface area contributed by atoms with Gasteiger partial charge in [-0.3, -0.25) is 19.4 Å². The number of amides is 1. The Morgan fingerprint density at radius 3 is 2.76 bits per heavy atom. The molecule has 0 saturated heterocycles. The number of carbonyl (C=O) groups is 1. The third-order valence-electron chi connectivity index (χ3n) is 3.58. The zero-order valence-corrected chi connectivity index (χ0v) is 16.6. The lowest BCUT2D eigenvalue weighted by molar-refractivity contribution is 0.101. The minimum Gasteiger partial charge on any atom is -0.328 e. The van der Waals surface area contributed by atoms with Crippen LogP contribution in [-0.4, -0.2) is 40.8 Å². The maximum absolute atomic E-state index is 12.9. The van der Waals surface area contributed by atoms with Gasteiger partial charge < -0.3 is 10.3 Å². The van der Waals surface area contributed by atoms with Crippen LogP contribution in [0, 0.1) is 0 Å². The molecule has 0 aromatic carbocycles. The maximum Gasteiger partial charge on any atom is 0.276 e. The fraction of sp³-hybridized carbons (Fsp3) is 0.0588. The monoisotopic (exact) mass is 426 g/mol. The molecule has 0 aliphatic heterocycles. The Hall–Kier alpha value is -3.38. The van der Waals surface area contributed by atoms with Crippen LogP contribution in [0.15, 0.2) is 73.8 Å². The van der Waals surface area contributed by atoms with Gasteiger partial charge in [0, 0.05) is 41.4 Å². The third kappa shape index (κ3) is 4.73. The largest absolute Gasteiger partial charge is 0.328 e. The number of H-pyrrole nitrogens is 2. The molecule has 146 valence electrons. The van der Waals surface area contributed by atoms with Crippen LogP contribution >= 0.6 is 23.5 Å². The molecule has 3 N–H and O–H groups in total. The second kappa shape index (κ2) is 8.32. The quantitative estimate of drug-likeness (QED) is 0.427. The van der Waals surface area contributed by atoms with Gasteiger partial charge in [-0.2, -0.15) is 10.2 Å². The van der Waals surface area contributed by atoms with Crippen molar-refractivity contribution in [1.29, 1.82) is 0 Å². The number of aromatic amines is 2. The van der Waals surface area contributed by atoms with Crippen molar-refractivity contribution in [1.82, 2.24) is 34.9 Å². The molecule has 12 heteroatoms. The van der Waals surface area contributed by atoms with E-state index in [0.29, 0.717) is 20.9 Å². The standard InChI is InChI=1S/C17H14N8O2S2/c1-25-7-6-12(24-25)21-16(27)15-11(28-10-2-4-13(26)18-8-10)3-5-14(22-15)29-17-19-9-20-23-17/h2-9H,1H3,(H,18,26)(H,19,20,23)(H,21,24,27). The van der Waals surface area contributed by atoms with Crippen molar-refractivity contribution in [3.05, 3.63) is 65.1 Å². The highest BCUT2D eigenvalue weighted by molar-refractivity contribution is 7.99. The summed E-state index contributed by atoms with van der Waals surface area (Å²) in [7, 11) is 1.76. The van der Waals surface area contributed by atoms with Gasteiger partial charge in [0.2, 0.25) is 5.56 Å². The molecule has 4 aromatic heterocycles. The van der Waals surface area contributed by atoms with Gasteiger partial charge >= 0.3 is 0 Å². The Morgan fingerprint density at radius 2 is 2.07 bits per heavy atom. The van der Waals surface area contributed by atoms with Gasteiger partial charge in [0.15, 0.2) is 11.0 Å². The predicted octanol–water partition coefficient (Wildman–Crippen LogP) is 2.18. The summed E-state index contributed by atoms with van der Waals surface area (Å²) in [6.07, 6.45) is 4.72. The van der Waals surface area contributed by atoms with E-state index in [0.717, 1.165) is 4.90 Å². The molecule has 1 amide bonds. The van der Waals surface area contributed by atoms with Crippen molar-refractivity contribution in [3.63, 3.8) is 0 Å². The molecular weight excluding hydrogens is 412 g/mol. The normalized spacial score (nSPS) is 10.8. The van der Waals surface area contributed by atoms with Crippen LogP contribution in [0.4, 0.5) is 5.82 Å². The molecule has 4 aromatic rings. The van der Waals surface area contributed by atoms with Crippen LogP contribution in [0.25, 0.3) is 0 Å². The van der Waals surface area contributed by atoms with E-state index in [-0.39, 0.29) is 11.3 Å². The lowest BCUT2D eigenvalue weighted by Crippen LogP contribution is -2.16. The Balaban J connectivity index is 1.65. The Labute approximate surface area is 172 Å². The molecule has 0 unspecified atom stereocenters. The second-order valence-corrected chi connectivity index (χ2v) is 7.83. The fourth-order valence-electron chi connectivity index (χ4n) is 2.32. The van der Waals surface area contributed by atoms with Crippen LogP contribution in [-0.2, 0) is 7.05 Å². The van der Waals surface area contributed by atoms with Crippen molar-refractivity contribution in [3.8, 4) is 0 Å². The number of aryl methyl sites for hydroxylation is 1. The van der Waals surface area contributed by atoms with Crippen molar-refractivity contribution >= 4 is 35.2 Å². The molecule has 0 aliphatic rings. The number of hydrogen-bond acceptors (Lipinski definition) is 8. The van der Waals surface area contributed by atoms with Crippen molar-refractivity contribution in [2.45, 2.75) is 20.0 Å². The summed E-state index contributed by atoms with van der Waals surface area (Å²) in [5, 5.41) is 14.6. The van der Waals surface area contributed by atoms with Crippen LogP contribution in [0.2, 0.25) is 0 Å². The lowest BCUT2D eigenvalue weighted by Gasteiger charge is -2.09. The molecule has 0 radical (unpaired) electrons. The Kier molecular flexibility index (Phi) is 5.44. The number of anilines is 1. The molecule has 4 heterocycles. The van der Waals surface area contributed by atoms with Crippen molar-refractivity contribution in [2.24, 2.45) is 7.05 Å². The molecule has 0 atom stereocenters. The van der Waals surface area contributed by atoms with E-state index in [2.05, 4.69) is 35.6 Å². The minimum atomic E-state index is -0.393. The van der Waals surface area contributed by atoms with Crippen LogP contribution in [0.1, 0.15) is 10.5 Å². The summed E-state index contributed by atoms with van der Waals surface area (Å²) in [5.74, 6) is 0.0308. The number of nitrogens with zero attached hydrogens (tertiary/aromatic N) is 5. The summed E-state index contributed by atoms with van der Waals surface area (Å²) in [6, 6.07) is 8.39. The van der Waals surface area contributed by atoms with Gasteiger partial charge in [-0.1, -0.05) is 11.8 Å². The van der Waals surface area contributed by atoms with E-state index in [9.17, 15) is 9.59 Å². The van der Waals surface area contributed by atoms with E-state index in [1.165, 1.54) is 35.9 Å². The van der Waals surface area contributed by atoms with Gasteiger partial charge in [0.25, 0.3) is 5.91 Å². The third-order valence-corrected chi connectivity index (χ3v) is 5.45. The first kappa shape index (κ1) is 19.0. The van der Waals surface area contributed by atoms with E-state index in [1.54, 1.807) is 48.4 Å². The molecule has 0 aliphatic carbocycles. The molecule has 0 fully saturated rings. The zero-order valence-electron chi connectivity index (χ0n) is 15.0. The molecular formula is C17H14N8O2S2. The van der Waals surface area contributed by atoms with Gasteiger partial charge in [0.1, 0.15) is 17.0 Å². The molecule has 10 nitrogen and oxygen atoms in total. The number of aromatic nitrogens is 7. The molecule has 0 spiro atoms. The maximum atomic E-state index is 12.9. The van der Waals surface area contributed by atoms with Crippen LogP contribution < -0.4 is 10.9 Å². The van der Waals surface area contributed by atoms with Gasteiger partial charge in [0.05, 0.1) is 0 Å². The predicted molar refractivity (Wildman–Crippen MR) is 107 cm³/mol. The van der Waals surface area contributed by atoms with Crippen LogP contribution in [0.3, 0.4) is 0 Å². The zero-order chi connectivity index (χ0) is 20.2. The molecule has 29 heavy (non-hydrogen) atoms. The highest BCUT2D eigenvalue weighted by Crippen LogP contribution is 2.32. The summed E-state index contributed by atoms with van der Waals surface area (Å²) >= 11 is 2.58. The topological polar surface area (TPSA) is 134 Å². The van der Waals surface area contributed by atoms with Crippen LogP contribution in [0.5, 0.6) is 0 Å². The van der Waals surface area contributed by atoms with Gasteiger partial charge in [-0.15, -0.1) is 0 Å². The smallest absolute Gasteiger partial charge is 0.276 e. The van der Waals surface area contributed by atoms with Gasteiger partial charge in [-0.05, 0) is 30.0 Å². The summed E-state index contributed by atoms with van der Waals surface area (Å²) in [5.41, 5.74) is 0.0377. The number of rotatable bonds is 6.